The van der Waals surface area contributed by atoms with Crippen molar-refractivity contribution in [3.8, 4) is 11.1 Å². The van der Waals surface area contributed by atoms with Crippen LogP contribution in [-0.2, 0) is 22.2 Å². The SMILES string of the molecule is COC(Cn1ccc(-c2ccc(F)c(C(F)(F)F)c2)c1C(N)O)OC. The van der Waals surface area contributed by atoms with Gasteiger partial charge in [0.15, 0.2) is 6.29 Å². The molecule has 138 valence electrons. The van der Waals surface area contributed by atoms with Gasteiger partial charge >= 0.3 is 6.18 Å². The predicted octanol–water partition coefficient (Wildman–Crippen LogP) is 2.88. The largest absolute Gasteiger partial charge is 0.419 e. The van der Waals surface area contributed by atoms with Gasteiger partial charge in [-0.05, 0) is 23.8 Å². The number of methoxy groups -OCH3 is 2. The van der Waals surface area contributed by atoms with E-state index in [0.717, 1.165) is 6.07 Å². The fraction of sp³-hybridized carbons (Fsp3) is 0.375. The van der Waals surface area contributed by atoms with Crippen molar-refractivity contribution in [3.63, 3.8) is 0 Å². The molecular formula is C16H18F4N2O3. The van der Waals surface area contributed by atoms with Crippen LogP contribution in [0.3, 0.4) is 0 Å². The molecule has 1 heterocycles. The highest BCUT2D eigenvalue weighted by Crippen LogP contribution is 2.36. The van der Waals surface area contributed by atoms with Crippen LogP contribution in [0.5, 0.6) is 0 Å². The molecule has 0 fully saturated rings. The number of aliphatic hydroxyl groups is 1. The van der Waals surface area contributed by atoms with Crippen LogP contribution in [0.2, 0.25) is 0 Å². The molecule has 0 saturated heterocycles. The van der Waals surface area contributed by atoms with E-state index in [4.69, 9.17) is 15.2 Å². The lowest BCUT2D eigenvalue weighted by molar-refractivity contribution is -0.139. The average molecular weight is 362 g/mol. The summed E-state index contributed by atoms with van der Waals surface area (Å²) in [7, 11) is 2.85. The number of aliphatic hydroxyl groups excluding tert-OH is 1. The number of benzene rings is 1. The third-order valence-corrected chi connectivity index (χ3v) is 3.74. The van der Waals surface area contributed by atoms with Crippen LogP contribution in [0.4, 0.5) is 17.6 Å². The zero-order valence-electron chi connectivity index (χ0n) is 13.5. The van der Waals surface area contributed by atoms with E-state index in [2.05, 4.69) is 0 Å². The predicted molar refractivity (Wildman–Crippen MR) is 81.8 cm³/mol. The van der Waals surface area contributed by atoms with Gasteiger partial charge in [0.05, 0.1) is 17.8 Å². The van der Waals surface area contributed by atoms with Crippen LogP contribution in [0.15, 0.2) is 30.5 Å². The molecule has 0 radical (unpaired) electrons. The molecule has 5 nitrogen and oxygen atoms in total. The number of alkyl halides is 3. The second kappa shape index (κ2) is 7.52. The van der Waals surface area contributed by atoms with Crippen LogP contribution in [-0.4, -0.2) is 30.2 Å². The maximum Gasteiger partial charge on any atom is 0.419 e. The standard InChI is InChI=1S/C16H18F4N2O3/c1-24-13(25-2)8-22-6-5-10(14(22)15(21)23)9-3-4-12(17)11(7-9)16(18,19)20/h3-7,13,15,23H,8,21H2,1-2H3. The van der Waals surface area contributed by atoms with E-state index in [1.54, 1.807) is 0 Å². The molecule has 1 aromatic carbocycles. The molecule has 0 aliphatic rings. The lowest BCUT2D eigenvalue weighted by atomic mass is 10.0. The number of nitrogens with two attached hydrogens (primary N) is 1. The Morgan fingerprint density at radius 2 is 1.84 bits per heavy atom. The van der Waals surface area contributed by atoms with Crippen molar-refractivity contribution >= 4 is 0 Å². The maximum atomic E-state index is 13.5. The molecule has 2 aromatic rings. The van der Waals surface area contributed by atoms with Crippen molar-refractivity contribution in [3.05, 3.63) is 47.5 Å². The van der Waals surface area contributed by atoms with E-state index in [1.807, 2.05) is 0 Å². The Labute approximate surface area is 141 Å². The molecule has 0 saturated carbocycles. The monoisotopic (exact) mass is 362 g/mol. The van der Waals surface area contributed by atoms with Crippen molar-refractivity contribution in [2.75, 3.05) is 14.2 Å². The molecule has 25 heavy (non-hydrogen) atoms. The summed E-state index contributed by atoms with van der Waals surface area (Å²) in [5.74, 6) is -1.37. The Kier molecular flexibility index (Phi) is 5.83. The number of ether oxygens (including phenoxy) is 2. The summed E-state index contributed by atoms with van der Waals surface area (Å²) in [5, 5.41) is 9.86. The number of hydrogen-bond acceptors (Lipinski definition) is 4. The van der Waals surface area contributed by atoms with Crippen molar-refractivity contribution in [1.82, 2.24) is 4.57 Å². The molecule has 1 atom stereocenters. The highest BCUT2D eigenvalue weighted by atomic mass is 19.4. The summed E-state index contributed by atoms with van der Waals surface area (Å²) < 4.78 is 63.9. The highest BCUT2D eigenvalue weighted by Gasteiger charge is 2.34. The number of rotatable bonds is 6. The van der Waals surface area contributed by atoms with Crippen LogP contribution in [0.1, 0.15) is 17.5 Å². The Bertz CT molecular complexity index is 725. The van der Waals surface area contributed by atoms with Crippen molar-refractivity contribution in [2.45, 2.75) is 25.2 Å². The first kappa shape index (κ1) is 19.4. The third-order valence-electron chi connectivity index (χ3n) is 3.74. The first-order valence-electron chi connectivity index (χ1n) is 7.24. The summed E-state index contributed by atoms with van der Waals surface area (Å²) >= 11 is 0. The Balaban J connectivity index is 2.51. The molecule has 3 N–H and O–H groups in total. The summed E-state index contributed by atoms with van der Waals surface area (Å²) in [6.45, 7) is 0.157. The van der Waals surface area contributed by atoms with Gasteiger partial charge in [0.25, 0.3) is 0 Å². The van der Waals surface area contributed by atoms with Gasteiger partial charge in [0.2, 0.25) is 0 Å². The van der Waals surface area contributed by atoms with Gasteiger partial charge < -0.3 is 24.9 Å². The van der Waals surface area contributed by atoms with Crippen molar-refractivity contribution in [2.24, 2.45) is 5.73 Å². The molecule has 0 spiro atoms. The topological polar surface area (TPSA) is 69.6 Å². The fourth-order valence-corrected chi connectivity index (χ4v) is 2.53. The van der Waals surface area contributed by atoms with E-state index < -0.39 is 30.1 Å². The van der Waals surface area contributed by atoms with E-state index in [1.165, 1.54) is 37.1 Å². The second-order valence-electron chi connectivity index (χ2n) is 5.31. The Morgan fingerprint density at radius 1 is 1.20 bits per heavy atom. The smallest absolute Gasteiger partial charge is 0.373 e. The molecular weight excluding hydrogens is 344 g/mol. The molecule has 0 bridgehead atoms. The quantitative estimate of drug-likeness (QED) is 0.612. The van der Waals surface area contributed by atoms with Crippen LogP contribution >= 0.6 is 0 Å². The van der Waals surface area contributed by atoms with Gasteiger partial charge in [-0.2, -0.15) is 13.2 Å². The first-order chi connectivity index (χ1) is 11.7. The molecule has 1 unspecified atom stereocenters. The van der Waals surface area contributed by atoms with Crippen LogP contribution < -0.4 is 5.73 Å². The zero-order valence-corrected chi connectivity index (χ0v) is 13.5. The maximum absolute atomic E-state index is 13.5. The lowest BCUT2D eigenvalue weighted by Gasteiger charge is -2.19. The molecule has 9 heteroatoms. The van der Waals surface area contributed by atoms with Gasteiger partial charge in [-0.1, -0.05) is 6.07 Å². The zero-order chi connectivity index (χ0) is 18.8. The number of halogens is 4. The molecule has 0 amide bonds. The summed E-state index contributed by atoms with van der Waals surface area (Å²) in [5.41, 5.74) is 4.68. The van der Waals surface area contributed by atoms with E-state index in [9.17, 15) is 22.7 Å². The van der Waals surface area contributed by atoms with Crippen LogP contribution in [0, 0.1) is 5.82 Å². The molecule has 0 aliphatic carbocycles. The van der Waals surface area contributed by atoms with Gasteiger partial charge in [-0.3, -0.25) is 0 Å². The van der Waals surface area contributed by atoms with E-state index in [0.29, 0.717) is 6.07 Å². The summed E-state index contributed by atoms with van der Waals surface area (Å²) in [4.78, 5) is 0. The normalized spacial score (nSPS) is 13.5. The number of nitrogens with zero attached hydrogens (tertiary/aromatic N) is 1. The van der Waals surface area contributed by atoms with Gasteiger partial charge in [-0.25, -0.2) is 4.39 Å². The highest BCUT2D eigenvalue weighted by molar-refractivity contribution is 5.68. The van der Waals surface area contributed by atoms with Gasteiger partial charge in [0.1, 0.15) is 12.0 Å². The molecule has 2 rings (SSSR count). The second-order valence-corrected chi connectivity index (χ2v) is 5.31. The first-order valence-corrected chi connectivity index (χ1v) is 7.24. The van der Waals surface area contributed by atoms with E-state index in [-0.39, 0.29) is 23.4 Å². The van der Waals surface area contributed by atoms with E-state index >= 15 is 0 Å². The minimum atomic E-state index is -4.83. The minimum absolute atomic E-state index is 0.0818. The van der Waals surface area contributed by atoms with Crippen molar-refractivity contribution in [1.29, 1.82) is 0 Å². The summed E-state index contributed by atoms with van der Waals surface area (Å²) in [6.07, 6.45) is -5.40. The van der Waals surface area contributed by atoms with Gasteiger partial charge in [0, 0.05) is 26.0 Å². The van der Waals surface area contributed by atoms with Crippen molar-refractivity contribution < 1.29 is 32.1 Å². The molecule has 1 aromatic heterocycles. The summed E-state index contributed by atoms with van der Waals surface area (Å²) in [6, 6.07) is 4.10. The minimum Gasteiger partial charge on any atom is -0.373 e. The number of aromatic nitrogens is 1. The van der Waals surface area contributed by atoms with Crippen LogP contribution in [0.25, 0.3) is 11.1 Å². The number of hydrogen-bond donors (Lipinski definition) is 2. The third kappa shape index (κ3) is 4.18. The lowest BCUT2D eigenvalue weighted by Crippen LogP contribution is -2.24. The van der Waals surface area contributed by atoms with Gasteiger partial charge in [-0.15, -0.1) is 0 Å². The Hall–Kier alpha value is -1.94. The Morgan fingerprint density at radius 3 is 2.36 bits per heavy atom. The average Bonchev–Trinajstić information content (AvgIpc) is 2.95. The fourth-order valence-electron chi connectivity index (χ4n) is 2.53. The molecule has 0 aliphatic heterocycles.